The molecule has 14 heavy (non-hydrogen) atoms. The number of aliphatic carboxylic acids is 1. The van der Waals surface area contributed by atoms with Crippen LogP contribution in [0, 0.1) is 5.82 Å². The molecule has 1 aromatic carbocycles. The van der Waals surface area contributed by atoms with E-state index in [-0.39, 0.29) is 11.4 Å². The molecule has 5 heteroatoms. The molecule has 1 aromatic rings. The van der Waals surface area contributed by atoms with Crippen LogP contribution in [-0.4, -0.2) is 11.1 Å². The molecule has 1 rings (SSSR count). The van der Waals surface area contributed by atoms with E-state index in [0.717, 1.165) is 6.07 Å². The van der Waals surface area contributed by atoms with E-state index in [0.29, 0.717) is 5.56 Å². The second-order valence-electron chi connectivity index (χ2n) is 2.91. The summed E-state index contributed by atoms with van der Waals surface area (Å²) in [5, 5.41) is 8.69. The molecule has 0 spiro atoms. The van der Waals surface area contributed by atoms with Gasteiger partial charge in [0.25, 0.3) is 0 Å². The molecule has 0 aliphatic heterocycles. The number of hydrogen-bond donors (Lipinski definition) is 2. The Hall–Kier alpha value is -1.13. The second kappa shape index (κ2) is 4.39. The number of hydrogen-bond acceptors (Lipinski definition) is 2. The highest BCUT2D eigenvalue weighted by Crippen LogP contribution is 2.20. The fourth-order valence-corrected chi connectivity index (χ4v) is 1.33. The first-order valence-electron chi connectivity index (χ1n) is 3.92. The zero-order valence-electron chi connectivity index (χ0n) is 7.21. The molecule has 0 aromatic heterocycles. The van der Waals surface area contributed by atoms with Crippen LogP contribution in [0.3, 0.4) is 0 Å². The van der Waals surface area contributed by atoms with Crippen molar-refractivity contribution in [3.63, 3.8) is 0 Å². The van der Waals surface area contributed by atoms with Gasteiger partial charge in [0.2, 0.25) is 0 Å². The van der Waals surface area contributed by atoms with E-state index < -0.39 is 17.8 Å². The van der Waals surface area contributed by atoms with Gasteiger partial charge in [-0.2, -0.15) is 0 Å². The molecular weight excluding hydrogens is 209 g/mol. The van der Waals surface area contributed by atoms with Gasteiger partial charge in [-0.3, -0.25) is 4.79 Å². The Kier molecular flexibility index (Phi) is 3.43. The van der Waals surface area contributed by atoms with Crippen molar-refractivity contribution in [3.05, 3.63) is 34.6 Å². The number of carbonyl (C=O) groups is 1. The molecule has 0 fully saturated rings. The van der Waals surface area contributed by atoms with Gasteiger partial charge in [0.15, 0.2) is 0 Å². The SMILES string of the molecule is NC(CC(=O)O)c1cc(F)cc(Cl)c1. The Labute approximate surface area is 85.3 Å². The first-order valence-corrected chi connectivity index (χ1v) is 4.30. The molecule has 0 aliphatic carbocycles. The molecule has 0 aliphatic rings. The Morgan fingerprint density at radius 3 is 2.71 bits per heavy atom. The van der Waals surface area contributed by atoms with E-state index in [4.69, 9.17) is 22.4 Å². The maximum Gasteiger partial charge on any atom is 0.305 e. The van der Waals surface area contributed by atoms with Crippen molar-refractivity contribution in [3.8, 4) is 0 Å². The minimum Gasteiger partial charge on any atom is -0.481 e. The van der Waals surface area contributed by atoms with Crippen molar-refractivity contribution in [2.75, 3.05) is 0 Å². The standard InChI is InChI=1S/C9H9ClFNO2/c10-6-1-5(2-7(11)3-6)8(12)4-9(13)14/h1-3,8H,4,12H2,(H,13,14). The lowest BCUT2D eigenvalue weighted by Crippen LogP contribution is -2.15. The van der Waals surface area contributed by atoms with Crippen molar-refractivity contribution in [2.45, 2.75) is 12.5 Å². The van der Waals surface area contributed by atoms with Gasteiger partial charge in [0.05, 0.1) is 6.42 Å². The molecular formula is C9H9ClFNO2. The summed E-state index contributed by atoms with van der Waals surface area (Å²) in [7, 11) is 0. The quantitative estimate of drug-likeness (QED) is 0.814. The molecule has 0 bridgehead atoms. The average Bonchev–Trinajstić information content (AvgIpc) is 2.00. The molecule has 3 nitrogen and oxygen atoms in total. The highest BCUT2D eigenvalue weighted by Gasteiger charge is 2.12. The van der Waals surface area contributed by atoms with Crippen LogP contribution in [-0.2, 0) is 4.79 Å². The Balaban J connectivity index is 2.89. The highest BCUT2D eigenvalue weighted by atomic mass is 35.5. The molecule has 76 valence electrons. The second-order valence-corrected chi connectivity index (χ2v) is 3.34. The van der Waals surface area contributed by atoms with Crippen molar-refractivity contribution < 1.29 is 14.3 Å². The van der Waals surface area contributed by atoms with E-state index in [1.165, 1.54) is 12.1 Å². The fraction of sp³-hybridized carbons (Fsp3) is 0.222. The summed E-state index contributed by atoms with van der Waals surface area (Å²) in [6.07, 6.45) is -0.250. The van der Waals surface area contributed by atoms with E-state index >= 15 is 0 Å². The van der Waals surface area contributed by atoms with Gasteiger partial charge in [-0.1, -0.05) is 11.6 Å². The Morgan fingerprint density at radius 1 is 1.57 bits per heavy atom. The lowest BCUT2D eigenvalue weighted by atomic mass is 10.0. The predicted molar refractivity (Wildman–Crippen MR) is 50.6 cm³/mol. The van der Waals surface area contributed by atoms with Crippen LogP contribution in [0.25, 0.3) is 0 Å². The van der Waals surface area contributed by atoms with Crippen LogP contribution in [0.1, 0.15) is 18.0 Å². The summed E-state index contributed by atoms with van der Waals surface area (Å²) in [6.45, 7) is 0. The maximum atomic E-state index is 12.8. The van der Waals surface area contributed by atoms with E-state index in [2.05, 4.69) is 0 Å². The maximum absolute atomic E-state index is 12.8. The number of nitrogens with two attached hydrogens (primary N) is 1. The summed E-state index contributed by atoms with van der Waals surface area (Å²) in [4.78, 5) is 10.3. The van der Waals surface area contributed by atoms with Crippen LogP contribution < -0.4 is 5.73 Å². The van der Waals surface area contributed by atoms with Crippen LogP contribution in [0.15, 0.2) is 18.2 Å². The molecule has 0 heterocycles. The first kappa shape index (κ1) is 10.9. The van der Waals surface area contributed by atoms with Gasteiger partial charge in [-0.05, 0) is 23.8 Å². The Morgan fingerprint density at radius 2 is 2.21 bits per heavy atom. The number of halogens is 2. The zero-order valence-corrected chi connectivity index (χ0v) is 7.96. The third kappa shape index (κ3) is 2.97. The molecule has 0 saturated heterocycles. The third-order valence-corrected chi connectivity index (χ3v) is 1.93. The van der Waals surface area contributed by atoms with Crippen LogP contribution in [0.4, 0.5) is 4.39 Å². The molecule has 1 atom stereocenters. The smallest absolute Gasteiger partial charge is 0.305 e. The number of benzene rings is 1. The van der Waals surface area contributed by atoms with Gasteiger partial charge in [-0.15, -0.1) is 0 Å². The molecule has 0 amide bonds. The predicted octanol–water partition coefficient (Wildman–Crippen LogP) is 1.95. The molecule has 0 saturated carbocycles. The summed E-state index contributed by atoms with van der Waals surface area (Å²) in [6, 6.07) is 3.04. The van der Waals surface area contributed by atoms with E-state index in [1.54, 1.807) is 0 Å². The summed E-state index contributed by atoms with van der Waals surface area (Å²) in [5.41, 5.74) is 5.91. The van der Waals surface area contributed by atoms with E-state index in [9.17, 15) is 9.18 Å². The topological polar surface area (TPSA) is 63.3 Å². The van der Waals surface area contributed by atoms with Crippen molar-refractivity contribution in [2.24, 2.45) is 5.73 Å². The van der Waals surface area contributed by atoms with Gasteiger partial charge in [0.1, 0.15) is 5.82 Å². The highest BCUT2D eigenvalue weighted by molar-refractivity contribution is 6.30. The van der Waals surface area contributed by atoms with Crippen molar-refractivity contribution >= 4 is 17.6 Å². The van der Waals surface area contributed by atoms with Crippen LogP contribution >= 0.6 is 11.6 Å². The van der Waals surface area contributed by atoms with Crippen LogP contribution in [0.5, 0.6) is 0 Å². The van der Waals surface area contributed by atoms with Crippen molar-refractivity contribution in [1.29, 1.82) is 0 Å². The number of carboxylic acids is 1. The Bertz CT molecular complexity index is 336. The third-order valence-electron chi connectivity index (χ3n) is 1.71. The van der Waals surface area contributed by atoms with Crippen LogP contribution in [0.2, 0.25) is 5.02 Å². The van der Waals surface area contributed by atoms with Gasteiger partial charge in [-0.25, -0.2) is 4.39 Å². The first-order chi connectivity index (χ1) is 6.49. The largest absolute Gasteiger partial charge is 0.481 e. The summed E-state index contributed by atoms with van der Waals surface area (Å²) >= 11 is 5.59. The lowest BCUT2D eigenvalue weighted by Gasteiger charge is -2.09. The normalized spacial score (nSPS) is 12.5. The monoisotopic (exact) mass is 217 g/mol. The lowest BCUT2D eigenvalue weighted by molar-refractivity contribution is -0.137. The zero-order chi connectivity index (χ0) is 10.7. The number of rotatable bonds is 3. The van der Waals surface area contributed by atoms with Gasteiger partial charge >= 0.3 is 5.97 Å². The van der Waals surface area contributed by atoms with Crippen molar-refractivity contribution in [1.82, 2.24) is 0 Å². The minimum atomic E-state index is -1.03. The minimum absolute atomic E-state index is 0.209. The summed E-state index contributed by atoms with van der Waals surface area (Å²) < 4.78 is 12.8. The number of carboxylic acid groups (broad SMARTS) is 1. The average molecular weight is 218 g/mol. The molecule has 1 unspecified atom stereocenters. The molecule has 0 radical (unpaired) electrons. The summed E-state index contributed by atoms with van der Waals surface area (Å²) in [5.74, 6) is -1.55. The fourth-order valence-electron chi connectivity index (χ4n) is 1.10. The van der Waals surface area contributed by atoms with Gasteiger partial charge in [0, 0.05) is 11.1 Å². The van der Waals surface area contributed by atoms with E-state index in [1.807, 2.05) is 0 Å². The van der Waals surface area contributed by atoms with Gasteiger partial charge < -0.3 is 10.8 Å². The molecule has 3 N–H and O–H groups in total.